The van der Waals surface area contributed by atoms with Crippen LogP contribution in [0.2, 0.25) is 0 Å². The molecule has 0 saturated heterocycles. The van der Waals surface area contributed by atoms with E-state index in [1.165, 1.54) is 6.07 Å². The number of nitrogens with two attached hydrogens (primary N) is 1. The molecule has 7 heteroatoms. The van der Waals surface area contributed by atoms with Crippen LogP contribution in [-0.2, 0) is 0 Å². The van der Waals surface area contributed by atoms with Gasteiger partial charge in [-0.2, -0.15) is 0 Å². The zero-order chi connectivity index (χ0) is 16.0. The van der Waals surface area contributed by atoms with Crippen LogP contribution in [0, 0.1) is 9.49 Å². The molecule has 0 atom stereocenters. The summed E-state index contributed by atoms with van der Waals surface area (Å²) in [4.78, 5) is 14.2. The van der Waals surface area contributed by atoms with Crippen LogP contribution in [0.25, 0.3) is 0 Å². The van der Waals surface area contributed by atoms with Crippen molar-refractivity contribution in [1.29, 1.82) is 0 Å². The number of rotatable bonds is 6. The third-order valence-electron chi connectivity index (χ3n) is 2.83. The highest BCUT2D eigenvalue weighted by atomic mass is 127. The second-order valence-corrected chi connectivity index (χ2v) is 6.31. The third-order valence-corrected chi connectivity index (χ3v) is 3.74. The molecule has 1 amide bonds. The molecule has 0 unspecified atom stereocenters. The highest BCUT2D eigenvalue weighted by Crippen LogP contribution is 2.21. The predicted molar refractivity (Wildman–Crippen MR) is 89.6 cm³/mol. The van der Waals surface area contributed by atoms with Crippen LogP contribution < -0.4 is 5.73 Å². The number of amides is 1. The zero-order valence-electron chi connectivity index (χ0n) is 12.1. The van der Waals surface area contributed by atoms with Crippen molar-refractivity contribution in [1.82, 2.24) is 4.90 Å². The number of phenolic OH excluding ortho intramolecular Hbond substituents is 1. The SMILES string of the molecule is CC(C)CN(CC/C(N)=N/O)C(=O)c1ccc(I)c(O)c1. The lowest BCUT2D eigenvalue weighted by molar-refractivity contribution is 0.0740. The van der Waals surface area contributed by atoms with Crippen molar-refractivity contribution in [2.24, 2.45) is 16.8 Å². The maximum atomic E-state index is 12.5. The summed E-state index contributed by atoms with van der Waals surface area (Å²) < 4.78 is 0.691. The minimum absolute atomic E-state index is 0.0852. The molecule has 0 aromatic heterocycles. The number of benzene rings is 1. The van der Waals surface area contributed by atoms with E-state index in [1.54, 1.807) is 17.0 Å². The van der Waals surface area contributed by atoms with Gasteiger partial charge in [0.15, 0.2) is 0 Å². The smallest absolute Gasteiger partial charge is 0.254 e. The molecular weight excluding hydrogens is 385 g/mol. The van der Waals surface area contributed by atoms with Gasteiger partial charge in [-0.15, -0.1) is 0 Å². The number of phenols is 1. The number of hydrogen-bond acceptors (Lipinski definition) is 4. The molecule has 1 aromatic carbocycles. The molecule has 1 rings (SSSR count). The Morgan fingerprint density at radius 2 is 2.14 bits per heavy atom. The van der Waals surface area contributed by atoms with Crippen LogP contribution in [0.3, 0.4) is 0 Å². The van der Waals surface area contributed by atoms with Gasteiger partial charge in [-0.05, 0) is 46.7 Å². The normalized spacial score (nSPS) is 11.7. The number of halogens is 1. The molecule has 0 aliphatic carbocycles. The summed E-state index contributed by atoms with van der Waals surface area (Å²) in [6, 6.07) is 4.84. The first-order valence-electron chi connectivity index (χ1n) is 6.59. The lowest BCUT2D eigenvalue weighted by Gasteiger charge is -2.24. The van der Waals surface area contributed by atoms with E-state index in [0.29, 0.717) is 34.6 Å². The van der Waals surface area contributed by atoms with E-state index in [-0.39, 0.29) is 17.5 Å². The number of nitrogens with zero attached hydrogens (tertiary/aromatic N) is 2. The Balaban J connectivity index is 2.90. The lowest BCUT2D eigenvalue weighted by atomic mass is 10.1. The quantitative estimate of drug-likeness (QED) is 0.222. The van der Waals surface area contributed by atoms with Gasteiger partial charge in [-0.25, -0.2) is 0 Å². The van der Waals surface area contributed by atoms with E-state index in [1.807, 2.05) is 36.4 Å². The maximum absolute atomic E-state index is 12.5. The average Bonchev–Trinajstić information content (AvgIpc) is 2.44. The van der Waals surface area contributed by atoms with Crippen molar-refractivity contribution in [2.45, 2.75) is 20.3 Å². The van der Waals surface area contributed by atoms with Gasteiger partial charge in [0.2, 0.25) is 0 Å². The van der Waals surface area contributed by atoms with E-state index < -0.39 is 0 Å². The standard InChI is InChI=1S/C14H20IN3O3/c1-9(2)8-18(6-5-13(16)17-21)14(20)10-3-4-11(15)12(19)7-10/h3-4,7,9,19,21H,5-6,8H2,1-2H3,(H2,16,17). The minimum atomic E-state index is -0.180. The van der Waals surface area contributed by atoms with Gasteiger partial charge in [0.1, 0.15) is 11.6 Å². The van der Waals surface area contributed by atoms with Crippen LogP contribution >= 0.6 is 22.6 Å². The van der Waals surface area contributed by atoms with Crippen LogP contribution in [-0.4, -0.2) is 40.0 Å². The first-order chi connectivity index (χ1) is 9.85. The first kappa shape index (κ1) is 17.5. The molecule has 0 saturated carbocycles. The Kier molecular flexibility index (Phi) is 6.73. The molecule has 0 bridgehead atoms. The zero-order valence-corrected chi connectivity index (χ0v) is 14.2. The minimum Gasteiger partial charge on any atom is -0.507 e. The van der Waals surface area contributed by atoms with Gasteiger partial charge in [0, 0.05) is 25.1 Å². The molecule has 0 heterocycles. The van der Waals surface area contributed by atoms with E-state index in [9.17, 15) is 9.90 Å². The van der Waals surface area contributed by atoms with E-state index >= 15 is 0 Å². The Morgan fingerprint density at radius 3 is 2.67 bits per heavy atom. The monoisotopic (exact) mass is 405 g/mol. The number of carbonyl (C=O) groups excluding carboxylic acids is 1. The molecular formula is C14H20IN3O3. The molecule has 4 N–H and O–H groups in total. The predicted octanol–water partition coefficient (Wildman–Crippen LogP) is 2.23. The maximum Gasteiger partial charge on any atom is 0.254 e. The molecule has 21 heavy (non-hydrogen) atoms. The number of amidine groups is 1. The van der Waals surface area contributed by atoms with Crippen molar-refractivity contribution in [3.8, 4) is 5.75 Å². The van der Waals surface area contributed by atoms with Crippen LogP contribution in [0.15, 0.2) is 23.4 Å². The van der Waals surface area contributed by atoms with Gasteiger partial charge in [-0.1, -0.05) is 19.0 Å². The van der Waals surface area contributed by atoms with E-state index in [4.69, 9.17) is 10.9 Å². The number of aromatic hydroxyl groups is 1. The molecule has 6 nitrogen and oxygen atoms in total. The van der Waals surface area contributed by atoms with Crippen molar-refractivity contribution in [3.63, 3.8) is 0 Å². The fourth-order valence-electron chi connectivity index (χ4n) is 1.84. The molecule has 1 aromatic rings. The second kappa shape index (κ2) is 8.06. The average molecular weight is 405 g/mol. The summed E-state index contributed by atoms with van der Waals surface area (Å²) in [5, 5.41) is 21.2. The Labute approximate surface area is 137 Å². The van der Waals surface area contributed by atoms with Crippen molar-refractivity contribution in [2.75, 3.05) is 13.1 Å². The summed E-state index contributed by atoms with van der Waals surface area (Å²) in [5.41, 5.74) is 5.88. The number of oxime groups is 1. The summed E-state index contributed by atoms with van der Waals surface area (Å²) in [5.74, 6) is 0.282. The summed E-state index contributed by atoms with van der Waals surface area (Å²) in [6.45, 7) is 4.94. The second-order valence-electron chi connectivity index (χ2n) is 5.15. The summed E-state index contributed by atoms with van der Waals surface area (Å²) in [7, 11) is 0. The van der Waals surface area contributed by atoms with Gasteiger partial charge in [0.25, 0.3) is 5.91 Å². The summed E-state index contributed by atoms with van der Waals surface area (Å²) >= 11 is 2.00. The molecule has 0 fully saturated rings. The van der Waals surface area contributed by atoms with Crippen molar-refractivity contribution in [3.05, 3.63) is 27.3 Å². The largest absolute Gasteiger partial charge is 0.507 e. The van der Waals surface area contributed by atoms with Gasteiger partial charge in [-0.3, -0.25) is 4.79 Å². The van der Waals surface area contributed by atoms with Crippen LogP contribution in [0.1, 0.15) is 30.6 Å². The van der Waals surface area contributed by atoms with Gasteiger partial charge >= 0.3 is 0 Å². The lowest BCUT2D eigenvalue weighted by Crippen LogP contribution is -2.36. The third kappa shape index (κ3) is 5.41. The number of carbonyl (C=O) groups is 1. The molecule has 116 valence electrons. The van der Waals surface area contributed by atoms with Crippen molar-refractivity contribution < 1.29 is 15.1 Å². The highest BCUT2D eigenvalue weighted by molar-refractivity contribution is 14.1. The molecule has 0 aliphatic heterocycles. The topological polar surface area (TPSA) is 99.1 Å². The molecule has 0 spiro atoms. The van der Waals surface area contributed by atoms with Crippen molar-refractivity contribution >= 4 is 34.3 Å². The highest BCUT2D eigenvalue weighted by Gasteiger charge is 2.18. The molecule has 0 radical (unpaired) electrons. The Hall–Kier alpha value is -1.51. The fourth-order valence-corrected chi connectivity index (χ4v) is 2.18. The fraction of sp³-hybridized carbons (Fsp3) is 0.429. The Bertz CT molecular complexity index is 532. The van der Waals surface area contributed by atoms with Crippen LogP contribution in [0.5, 0.6) is 5.75 Å². The van der Waals surface area contributed by atoms with Gasteiger partial charge in [0.05, 0.1) is 3.57 Å². The van der Waals surface area contributed by atoms with Gasteiger partial charge < -0.3 is 20.9 Å². The number of hydrogen-bond donors (Lipinski definition) is 3. The van der Waals surface area contributed by atoms with Crippen LogP contribution in [0.4, 0.5) is 0 Å². The van der Waals surface area contributed by atoms with E-state index in [0.717, 1.165) is 0 Å². The summed E-state index contributed by atoms with van der Waals surface area (Å²) in [6.07, 6.45) is 0.297. The first-order valence-corrected chi connectivity index (χ1v) is 7.67. The Morgan fingerprint density at radius 1 is 1.48 bits per heavy atom. The molecule has 0 aliphatic rings. The van der Waals surface area contributed by atoms with E-state index in [2.05, 4.69) is 5.16 Å².